The van der Waals surface area contributed by atoms with Crippen LogP contribution in [0.25, 0.3) is 22.7 Å². The summed E-state index contributed by atoms with van der Waals surface area (Å²) in [4.78, 5) is 15.7. The number of H-pyrrole nitrogens is 1. The van der Waals surface area contributed by atoms with Crippen LogP contribution in [0.15, 0.2) is 30.6 Å². The van der Waals surface area contributed by atoms with Crippen LogP contribution in [0.3, 0.4) is 0 Å². The molecular weight excluding hydrogens is 238 g/mol. The van der Waals surface area contributed by atoms with E-state index >= 15 is 0 Å². The van der Waals surface area contributed by atoms with Gasteiger partial charge in [-0.05, 0) is 18.2 Å². The van der Waals surface area contributed by atoms with Crippen molar-refractivity contribution in [2.24, 2.45) is 0 Å². The average Bonchev–Trinajstić information content (AvgIpc) is 2.74. The summed E-state index contributed by atoms with van der Waals surface area (Å²) in [5.74, 6) is 1.11. The predicted octanol–water partition coefficient (Wildman–Crippen LogP) is 2.26. The van der Waals surface area contributed by atoms with Gasteiger partial charge in [0.15, 0.2) is 11.6 Å². The van der Waals surface area contributed by atoms with E-state index < -0.39 is 0 Å². The molecule has 0 saturated carbocycles. The monoisotopic (exact) mass is 245 g/mol. The van der Waals surface area contributed by atoms with Crippen molar-refractivity contribution < 1.29 is 0 Å². The van der Waals surface area contributed by atoms with Crippen LogP contribution < -0.4 is 5.73 Å². The highest BCUT2D eigenvalue weighted by atomic mass is 35.5. The molecule has 0 saturated heterocycles. The summed E-state index contributed by atoms with van der Waals surface area (Å²) in [6.45, 7) is 0. The van der Waals surface area contributed by atoms with Gasteiger partial charge >= 0.3 is 0 Å². The summed E-state index contributed by atoms with van der Waals surface area (Å²) in [5.41, 5.74) is 7.83. The van der Waals surface area contributed by atoms with E-state index in [1.165, 1.54) is 0 Å². The Hall–Kier alpha value is -2.14. The molecule has 17 heavy (non-hydrogen) atoms. The fourth-order valence-corrected chi connectivity index (χ4v) is 1.86. The third-order valence-electron chi connectivity index (χ3n) is 2.36. The van der Waals surface area contributed by atoms with Crippen molar-refractivity contribution >= 4 is 28.3 Å². The number of aromatic nitrogens is 4. The molecular formula is C11H8ClN5. The number of hydrogen-bond donors (Lipinski definition) is 2. The van der Waals surface area contributed by atoms with Crippen molar-refractivity contribution in [3.8, 4) is 11.6 Å². The first-order valence-corrected chi connectivity index (χ1v) is 5.34. The molecule has 0 aliphatic rings. The van der Waals surface area contributed by atoms with Gasteiger partial charge in [0.2, 0.25) is 0 Å². The van der Waals surface area contributed by atoms with Crippen molar-refractivity contribution in [2.45, 2.75) is 0 Å². The molecule has 3 aromatic rings. The van der Waals surface area contributed by atoms with Crippen molar-refractivity contribution in [2.75, 3.05) is 5.73 Å². The number of hydrogen-bond acceptors (Lipinski definition) is 4. The zero-order chi connectivity index (χ0) is 11.8. The summed E-state index contributed by atoms with van der Waals surface area (Å²) in [5, 5.41) is 0.569. The lowest BCUT2D eigenvalue weighted by Crippen LogP contribution is -1.88. The third-order valence-corrected chi connectivity index (χ3v) is 2.58. The first kappa shape index (κ1) is 10.0. The van der Waals surface area contributed by atoms with Crippen LogP contribution in [0.2, 0.25) is 5.02 Å². The van der Waals surface area contributed by atoms with Gasteiger partial charge in [0.05, 0.1) is 11.2 Å². The minimum Gasteiger partial charge on any atom is -0.397 e. The van der Waals surface area contributed by atoms with E-state index in [0.29, 0.717) is 27.9 Å². The lowest BCUT2D eigenvalue weighted by Gasteiger charge is -1.94. The Morgan fingerprint density at radius 2 is 1.94 bits per heavy atom. The Balaban J connectivity index is 2.24. The van der Waals surface area contributed by atoms with E-state index in [1.807, 2.05) is 0 Å². The number of nitrogens with zero attached hydrogens (tertiary/aromatic N) is 3. The highest BCUT2D eigenvalue weighted by Crippen LogP contribution is 2.26. The second-order valence-corrected chi connectivity index (χ2v) is 3.99. The van der Waals surface area contributed by atoms with Gasteiger partial charge in [-0.15, -0.1) is 0 Å². The largest absolute Gasteiger partial charge is 0.397 e. The minimum absolute atomic E-state index is 0.527. The molecule has 1 aromatic carbocycles. The van der Waals surface area contributed by atoms with Crippen LogP contribution in [-0.4, -0.2) is 19.9 Å². The topological polar surface area (TPSA) is 80.5 Å². The van der Waals surface area contributed by atoms with Crippen LogP contribution in [0.1, 0.15) is 0 Å². The molecule has 0 bridgehead atoms. The number of benzene rings is 1. The van der Waals surface area contributed by atoms with Gasteiger partial charge in [0.1, 0.15) is 5.52 Å². The summed E-state index contributed by atoms with van der Waals surface area (Å²) in [6, 6.07) is 5.18. The number of anilines is 1. The molecule has 0 amide bonds. The first-order valence-electron chi connectivity index (χ1n) is 4.96. The number of nitrogens with two attached hydrogens (primary N) is 1. The van der Waals surface area contributed by atoms with E-state index in [9.17, 15) is 0 Å². The molecule has 0 spiro atoms. The average molecular weight is 246 g/mol. The molecule has 0 radical (unpaired) electrons. The number of halogens is 1. The van der Waals surface area contributed by atoms with Gasteiger partial charge in [0.25, 0.3) is 0 Å². The molecule has 0 aliphatic carbocycles. The number of imidazole rings is 1. The van der Waals surface area contributed by atoms with Crippen molar-refractivity contribution in [1.29, 1.82) is 0 Å². The van der Waals surface area contributed by atoms with Gasteiger partial charge in [-0.2, -0.15) is 0 Å². The van der Waals surface area contributed by atoms with Gasteiger partial charge in [-0.1, -0.05) is 11.6 Å². The van der Waals surface area contributed by atoms with Gasteiger partial charge in [-0.3, -0.25) is 0 Å². The highest BCUT2D eigenvalue weighted by Gasteiger charge is 2.10. The maximum Gasteiger partial charge on any atom is 0.195 e. The summed E-state index contributed by atoms with van der Waals surface area (Å²) in [6.07, 6.45) is 3.32. The smallest absolute Gasteiger partial charge is 0.195 e. The molecule has 2 aromatic heterocycles. The standard InChI is InChI=1S/C11H8ClN5/c12-6-4-7(13)9-8(5-6)16-11(17-9)10-14-2-1-3-15-10/h1-5H,13H2,(H,16,17). The van der Waals surface area contributed by atoms with Crippen molar-refractivity contribution in [1.82, 2.24) is 19.9 Å². The van der Waals surface area contributed by atoms with E-state index in [1.54, 1.807) is 30.6 Å². The Labute approximate surface area is 102 Å². The minimum atomic E-state index is 0.527. The molecule has 3 rings (SSSR count). The lowest BCUT2D eigenvalue weighted by molar-refractivity contribution is 1.13. The Kier molecular flexibility index (Phi) is 2.19. The molecule has 5 nitrogen and oxygen atoms in total. The molecule has 0 aliphatic heterocycles. The first-order chi connectivity index (χ1) is 8.24. The van der Waals surface area contributed by atoms with E-state index in [0.717, 1.165) is 5.52 Å². The van der Waals surface area contributed by atoms with Crippen molar-refractivity contribution in [3.05, 3.63) is 35.6 Å². The maximum absolute atomic E-state index is 5.92. The summed E-state index contributed by atoms with van der Waals surface area (Å²) >= 11 is 5.92. The molecule has 0 atom stereocenters. The van der Waals surface area contributed by atoms with Crippen LogP contribution in [-0.2, 0) is 0 Å². The molecule has 6 heteroatoms. The van der Waals surface area contributed by atoms with Crippen molar-refractivity contribution in [3.63, 3.8) is 0 Å². The van der Waals surface area contributed by atoms with E-state index in [4.69, 9.17) is 17.3 Å². The zero-order valence-electron chi connectivity index (χ0n) is 8.68. The number of aromatic amines is 1. The lowest BCUT2D eigenvalue weighted by atomic mass is 10.3. The Morgan fingerprint density at radius 1 is 1.18 bits per heavy atom. The molecule has 2 heterocycles. The number of nitrogens with one attached hydrogen (secondary N) is 1. The molecule has 84 valence electrons. The normalized spacial score (nSPS) is 10.9. The number of nitrogen functional groups attached to an aromatic ring is 1. The van der Waals surface area contributed by atoms with Crippen LogP contribution >= 0.6 is 11.6 Å². The van der Waals surface area contributed by atoms with Gasteiger partial charge in [0, 0.05) is 17.4 Å². The predicted molar refractivity (Wildman–Crippen MR) is 66.5 cm³/mol. The number of fused-ring (bicyclic) bond motifs is 1. The van der Waals surface area contributed by atoms with E-state index in [-0.39, 0.29) is 0 Å². The Morgan fingerprint density at radius 3 is 2.71 bits per heavy atom. The SMILES string of the molecule is Nc1cc(Cl)cc2[nH]c(-c3ncccn3)nc12. The summed E-state index contributed by atoms with van der Waals surface area (Å²) in [7, 11) is 0. The maximum atomic E-state index is 5.92. The summed E-state index contributed by atoms with van der Waals surface area (Å²) < 4.78 is 0. The fraction of sp³-hybridized carbons (Fsp3) is 0. The van der Waals surface area contributed by atoms with Gasteiger partial charge < -0.3 is 10.7 Å². The van der Waals surface area contributed by atoms with Gasteiger partial charge in [-0.25, -0.2) is 15.0 Å². The van der Waals surface area contributed by atoms with E-state index in [2.05, 4.69) is 19.9 Å². The second kappa shape index (κ2) is 3.71. The fourth-order valence-electron chi connectivity index (χ4n) is 1.63. The molecule has 0 unspecified atom stereocenters. The third kappa shape index (κ3) is 1.70. The second-order valence-electron chi connectivity index (χ2n) is 3.55. The molecule has 0 fully saturated rings. The van der Waals surface area contributed by atoms with Crippen LogP contribution in [0.4, 0.5) is 5.69 Å². The quantitative estimate of drug-likeness (QED) is 0.645. The number of rotatable bonds is 1. The highest BCUT2D eigenvalue weighted by molar-refractivity contribution is 6.31. The van der Waals surface area contributed by atoms with Crippen LogP contribution in [0.5, 0.6) is 0 Å². The molecule has 3 N–H and O–H groups in total. The van der Waals surface area contributed by atoms with Crippen LogP contribution in [0, 0.1) is 0 Å². The Bertz CT molecular complexity index is 677. The zero-order valence-corrected chi connectivity index (χ0v) is 9.44.